The number of nitrogens with zero attached hydrogens (tertiary/aromatic N) is 3. The topological polar surface area (TPSA) is 30.7 Å². The normalized spacial score (nSPS) is 10.3. The monoisotopic (exact) mass is 237 g/mol. The van der Waals surface area contributed by atoms with Gasteiger partial charge in [-0.15, -0.1) is 0 Å². The number of hydrogen-bond donors (Lipinski definition) is 0. The smallest absolute Gasteiger partial charge is 0.177 e. The summed E-state index contributed by atoms with van der Waals surface area (Å²) in [6, 6.07) is 5.82. The van der Waals surface area contributed by atoms with E-state index in [4.69, 9.17) is 0 Å². The molecule has 0 aliphatic heterocycles. The van der Waals surface area contributed by atoms with Gasteiger partial charge in [0.25, 0.3) is 0 Å². The first-order valence-electron chi connectivity index (χ1n) is 3.87. The van der Waals surface area contributed by atoms with Crippen molar-refractivity contribution in [2.24, 2.45) is 7.05 Å². The van der Waals surface area contributed by atoms with Crippen LogP contribution in [0.25, 0.3) is 11.4 Å². The van der Waals surface area contributed by atoms with Gasteiger partial charge in [-0.2, -0.15) is 0 Å². The molecule has 0 aliphatic carbocycles. The molecule has 0 aromatic carbocycles. The molecule has 0 bridgehead atoms. The van der Waals surface area contributed by atoms with E-state index in [0.717, 1.165) is 16.1 Å². The van der Waals surface area contributed by atoms with Crippen molar-refractivity contribution < 1.29 is 0 Å². The Hall–Kier alpha value is -1.16. The fourth-order valence-electron chi connectivity index (χ4n) is 1.14. The molecule has 0 unspecified atom stereocenters. The van der Waals surface area contributed by atoms with Crippen molar-refractivity contribution in [1.29, 1.82) is 0 Å². The lowest BCUT2D eigenvalue weighted by molar-refractivity contribution is 0.884. The second-order valence-electron chi connectivity index (χ2n) is 2.69. The highest BCUT2D eigenvalue weighted by Gasteiger charge is 2.05. The zero-order chi connectivity index (χ0) is 9.26. The summed E-state index contributed by atoms with van der Waals surface area (Å²) in [6.07, 6.45) is 3.57. The molecular formula is C9H8BrN3. The fourth-order valence-corrected chi connectivity index (χ4v) is 1.43. The van der Waals surface area contributed by atoms with Crippen LogP contribution in [0.3, 0.4) is 0 Å². The van der Waals surface area contributed by atoms with Crippen molar-refractivity contribution in [3.05, 3.63) is 35.3 Å². The molecule has 2 aromatic heterocycles. The summed E-state index contributed by atoms with van der Waals surface area (Å²) in [5.41, 5.74) is 1.94. The highest BCUT2D eigenvalue weighted by Crippen LogP contribution is 2.19. The molecular weight excluding hydrogens is 230 g/mol. The van der Waals surface area contributed by atoms with Crippen LogP contribution < -0.4 is 0 Å². The van der Waals surface area contributed by atoms with Crippen LogP contribution in [-0.4, -0.2) is 14.5 Å². The molecule has 0 amide bonds. The van der Waals surface area contributed by atoms with E-state index in [1.807, 2.05) is 29.8 Å². The summed E-state index contributed by atoms with van der Waals surface area (Å²) >= 11 is 3.34. The molecule has 0 spiro atoms. The summed E-state index contributed by atoms with van der Waals surface area (Å²) in [5, 5.41) is 0. The molecule has 66 valence electrons. The van der Waals surface area contributed by atoms with E-state index in [0.29, 0.717) is 0 Å². The van der Waals surface area contributed by atoms with Gasteiger partial charge >= 0.3 is 0 Å². The van der Waals surface area contributed by atoms with Crippen molar-refractivity contribution in [2.45, 2.75) is 0 Å². The van der Waals surface area contributed by atoms with Crippen LogP contribution in [0.1, 0.15) is 0 Å². The number of pyridine rings is 1. The number of hydrogen-bond acceptors (Lipinski definition) is 2. The molecule has 0 fully saturated rings. The highest BCUT2D eigenvalue weighted by atomic mass is 79.9. The van der Waals surface area contributed by atoms with Gasteiger partial charge in [-0.1, -0.05) is 6.07 Å². The Bertz CT molecular complexity index is 408. The van der Waals surface area contributed by atoms with Crippen LogP contribution in [0, 0.1) is 0 Å². The molecule has 0 saturated heterocycles. The molecule has 0 aliphatic rings. The largest absolute Gasteiger partial charge is 0.320 e. The van der Waals surface area contributed by atoms with Crippen LogP contribution in [0.4, 0.5) is 0 Å². The number of aromatic nitrogens is 3. The zero-order valence-electron chi connectivity index (χ0n) is 7.11. The molecule has 13 heavy (non-hydrogen) atoms. The van der Waals surface area contributed by atoms with Gasteiger partial charge in [0.05, 0.1) is 17.6 Å². The fraction of sp³-hybridized carbons (Fsp3) is 0.111. The van der Waals surface area contributed by atoms with Gasteiger partial charge in [0, 0.05) is 13.2 Å². The maximum absolute atomic E-state index is 4.24. The van der Waals surface area contributed by atoms with Crippen LogP contribution in [0.2, 0.25) is 0 Å². The lowest BCUT2D eigenvalue weighted by Crippen LogP contribution is -1.92. The van der Waals surface area contributed by atoms with Gasteiger partial charge in [-0.25, -0.2) is 4.98 Å². The first-order valence-corrected chi connectivity index (χ1v) is 4.67. The summed E-state index contributed by atoms with van der Waals surface area (Å²) < 4.78 is 2.76. The standard InChI is InChI=1S/C9H8BrN3/c1-13-8(6-12-9(13)10)7-4-2-3-5-11-7/h2-6H,1H3. The molecule has 2 aromatic rings. The van der Waals surface area contributed by atoms with Crippen molar-refractivity contribution in [2.75, 3.05) is 0 Å². The second kappa shape index (κ2) is 3.30. The quantitative estimate of drug-likeness (QED) is 0.762. The van der Waals surface area contributed by atoms with E-state index in [1.165, 1.54) is 0 Å². The Morgan fingerprint density at radius 2 is 2.15 bits per heavy atom. The summed E-state index contributed by atoms with van der Waals surface area (Å²) in [7, 11) is 1.95. The number of rotatable bonds is 1. The Morgan fingerprint density at radius 1 is 1.31 bits per heavy atom. The van der Waals surface area contributed by atoms with Crippen LogP contribution in [0.15, 0.2) is 35.3 Å². The third-order valence-corrected chi connectivity index (χ3v) is 2.60. The molecule has 0 N–H and O–H groups in total. The van der Waals surface area contributed by atoms with E-state index in [9.17, 15) is 0 Å². The van der Waals surface area contributed by atoms with Gasteiger partial charge in [-0.05, 0) is 28.1 Å². The molecule has 0 atom stereocenters. The highest BCUT2D eigenvalue weighted by molar-refractivity contribution is 9.10. The van der Waals surface area contributed by atoms with Crippen molar-refractivity contribution in [3.63, 3.8) is 0 Å². The van der Waals surface area contributed by atoms with Crippen LogP contribution >= 0.6 is 15.9 Å². The van der Waals surface area contributed by atoms with Gasteiger partial charge in [0.15, 0.2) is 4.73 Å². The van der Waals surface area contributed by atoms with Crippen molar-refractivity contribution >= 4 is 15.9 Å². The van der Waals surface area contributed by atoms with Gasteiger partial charge in [-0.3, -0.25) is 4.98 Å². The van der Waals surface area contributed by atoms with E-state index in [2.05, 4.69) is 25.9 Å². The first-order chi connectivity index (χ1) is 6.29. The number of imidazole rings is 1. The third-order valence-electron chi connectivity index (χ3n) is 1.86. The molecule has 2 rings (SSSR count). The lowest BCUT2D eigenvalue weighted by Gasteiger charge is -2.00. The second-order valence-corrected chi connectivity index (χ2v) is 3.40. The van der Waals surface area contributed by atoms with Crippen molar-refractivity contribution in [3.8, 4) is 11.4 Å². The SMILES string of the molecule is Cn1c(-c2ccccn2)cnc1Br. The summed E-state index contributed by atoms with van der Waals surface area (Å²) in [4.78, 5) is 8.37. The Morgan fingerprint density at radius 3 is 2.69 bits per heavy atom. The van der Waals surface area contributed by atoms with Gasteiger partial charge in [0.1, 0.15) is 0 Å². The first kappa shape index (κ1) is 8.44. The minimum atomic E-state index is 0.813. The zero-order valence-corrected chi connectivity index (χ0v) is 8.69. The average Bonchev–Trinajstić information content (AvgIpc) is 2.49. The average molecular weight is 238 g/mol. The van der Waals surface area contributed by atoms with E-state index >= 15 is 0 Å². The predicted octanol–water partition coefficient (Wildman–Crippen LogP) is 2.24. The van der Waals surface area contributed by atoms with Crippen LogP contribution in [0.5, 0.6) is 0 Å². The molecule has 3 nitrogen and oxygen atoms in total. The van der Waals surface area contributed by atoms with Crippen molar-refractivity contribution in [1.82, 2.24) is 14.5 Å². The summed E-state index contributed by atoms with van der Waals surface area (Å²) in [6.45, 7) is 0. The Labute approximate surface area is 84.6 Å². The maximum atomic E-state index is 4.24. The Kier molecular flexibility index (Phi) is 2.14. The van der Waals surface area contributed by atoms with E-state index < -0.39 is 0 Å². The molecule has 4 heteroatoms. The van der Waals surface area contributed by atoms with Gasteiger partial charge < -0.3 is 4.57 Å². The van der Waals surface area contributed by atoms with Crippen LogP contribution in [-0.2, 0) is 7.05 Å². The van der Waals surface area contributed by atoms with Gasteiger partial charge in [0.2, 0.25) is 0 Å². The minimum Gasteiger partial charge on any atom is -0.320 e. The van der Waals surface area contributed by atoms with E-state index in [-0.39, 0.29) is 0 Å². The van der Waals surface area contributed by atoms with E-state index in [1.54, 1.807) is 12.4 Å². The summed E-state index contributed by atoms with van der Waals surface area (Å²) in [5.74, 6) is 0. The maximum Gasteiger partial charge on any atom is 0.177 e. The Balaban J connectivity index is 2.53. The number of halogens is 1. The molecule has 0 saturated carbocycles. The minimum absolute atomic E-state index is 0.813. The lowest BCUT2D eigenvalue weighted by atomic mass is 10.3. The molecule has 0 radical (unpaired) electrons. The molecule has 2 heterocycles. The predicted molar refractivity (Wildman–Crippen MR) is 54.1 cm³/mol. The third kappa shape index (κ3) is 1.49.